The Balaban J connectivity index is 1.05. The molecule has 246 valence electrons. The van der Waals surface area contributed by atoms with Crippen molar-refractivity contribution in [2.24, 2.45) is 11.8 Å². The van der Waals surface area contributed by atoms with E-state index in [4.69, 9.17) is 0 Å². The molecule has 1 N–H and O–H groups in total. The Morgan fingerprint density at radius 2 is 1.30 bits per heavy atom. The first-order chi connectivity index (χ1) is 24.7. The lowest BCUT2D eigenvalue weighted by Crippen LogP contribution is -2.44. The van der Waals surface area contributed by atoms with Crippen LogP contribution in [-0.2, 0) is 0 Å². The van der Waals surface area contributed by atoms with Gasteiger partial charge in [0.1, 0.15) is 6.17 Å². The molecule has 4 atom stereocenters. The molecule has 4 aromatic rings. The monoisotopic (exact) mass is 648 g/mol. The summed E-state index contributed by atoms with van der Waals surface area (Å²) in [7, 11) is 0. The first kappa shape index (κ1) is 29.8. The first-order valence-electron chi connectivity index (χ1n) is 18.8. The zero-order chi connectivity index (χ0) is 33.2. The van der Waals surface area contributed by atoms with Gasteiger partial charge in [-0.25, -0.2) is 0 Å². The Kier molecular flexibility index (Phi) is 7.19. The van der Waals surface area contributed by atoms with Crippen molar-refractivity contribution in [3.63, 3.8) is 0 Å². The van der Waals surface area contributed by atoms with E-state index in [0.717, 1.165) is 25.7 Å². The second-order valence-electron chi connectivity index (χ2n) is 15.2. The van der Waals surface area contributed by atoms with Crippen LogP contribution in [0.15, 0.2) is 156 Å². The van der Waals surface area contributed by atoms with Gasteiger partial charge in [0, 0.05) is 0 Å². The number of fused-ring (bicyclic) bond motifs is 5. The van der Waals surface area contributed by atoms with Crippen LogP contribution in [0, 0.1) is 11.8 Å². The van der Waals surface area contributed by atoms with Gasteiger partial charge in [-0.3, -0.25) is 0 Å². The second kappa shape index (κ2) is 12.1. The average molecular weight is 649 g/mol. The largest absolute Gasteiger partial charge is 0.360 e. The van der Waals surface area contributed by atoms with Crippen LogP contribution < -0.4 is 10.2 Å². The number of benzene rings is 4. The van der Waals surface area contributed by atoms with Gasteiger partial charge < -0.3 is 10.2 Å². The maximum absolute atomic E-state index is 3.92. The van der Waals surface area contributed by atoms with Crippen molar-refractivity contribution in [3.8, 4) is 0 Å². The fourth-order valence-corrected chi connectivity index (χ4v) is 9.82. The van der Waals surface area contributed by atoms with E-state index in [0.29, 0.717) is 17.9 Å². The van der Waals surface area contributed by atoms with Gasteiger partial charge in [0.25, 0.3) is 0 Å². The predicted octanol–water partition coefficient (Wildman–Crippen LogP) is 12.3. The molecule has 50 heavy (non-hydrogen) atoms. The van der Waals surface area contributed by atoms with E-state index in [1.165, 1.54) is 96.7 Å². The summed E-state index contributed by atoms with van der Waals surface area (Å²) in [5, 5.41) is 9.50. The molecule has 4 unspecified atom stereocenters. The van der Waals surface area contributed by atoms with Crippen LogP contribution in [0.4, 0.5) is 11.4 Å². The molecule has 4 aromatic carbocycles. The molecule has 0 saturated carbocycles. The zero-order valence-electron chi connectivity index (χ0n) is 28.9. The van der Waals surface area contributed by atoms with Crippen molar-refractivity contribution >= 4 is 44.1 Å². The SMILES string of the molecule is CC1=CC2=CC=C(c3c4ccccc4c(C4=CC5=CC=C(C6Nc7ccccc7N6C6C=CC=CC6)CC5CC4)c4ccccc34)CC2CC1. The molecular weight excluding hydrogens is 605 g/mol. The first-order valence-corrected chi connectivity index (χ1v) is 18.8. The van der Waals surface area contributed by atoms with E-state index in [1.807, 2.05) is 0 Å². The van der Waals surface area contributed by atoms with E-state index >= 15 is 0 Å². The topological polar surface area (TPSA) is 15.3 Å². The van der Waals surface area contributed by atoms with Gasteiger partial charge in [0.05, 0.1) is 17.4 Å². The van der Waals surface area contributed by atoms with Gasteiger partial charge >= 0.3 is 0 Å². The molecular formula is C48H44N2. The number of allylic oxidation sites excluding steroid dienone is 13. The molecule has 6 aliphatic rings. The fraction of sp³-hybridized carbons (Fsp3) is 0.250. The third-order valence-corrected chi connectivity index (χ3v) is 12.3. The lowest BCUT2D eigenvalue weighted by atomic mass is 9.73. The van der Waals surface area contributed by atoms with Crippen LogP contribution in [-0.4, -0.2) is 12.2 Å². The lowest BCUT2D eigenvalue weighted by molar-refractivity contribution is 0.529. The molecule has 0 spiro atoms. The van der Waals surface area contributed by atoms with Crippen LogP contribution in [0.2, 0.25) is 0 Å². The maximum Gasteiger partial charge on any atom is 0.122 e. The minimum absolute atomic E-state index is 0.186. The Morgan fingerprint density at radius 3 is 2.06 bits per heavy atom. The van der Waals surface area contributed by atoms with Gasteiger partial charge in [-0.15, -0.1) is 0 Å². The number of hydrogen-bond donors (Lipinski definition) is 1. The Labute approximate surface area is 296 Å². The standard InChI is InChI=1S/C48H44N2/c1-31-19-20-33-28-36(24-21-32(33)27-31)46-40-13-5-7-15-42(40)47(43-16-8-6-14-41(43)46)37-25-22-35-30-38(26-23-34(35)29-37)48-49-44-17-9-10-18-45(44)50(48)39-11-3-2-4-12-39/h2-11,13-18,21,23-24,26-27,29,33,35,39,48-49H,12,19-20,22,25,28,30H2,1H3. The number of hydrogen-bond acceptors (Lipinski definition) is 2. The lowest BCUT2D eigenvalue weighted by Gasteiger charge is -2.38. The van der Waals surface area contributed by atoms with Crippen molar-refractivity contribution in [1.82, 2.24) is 0 Å². The van der Waals surface area contributed by atoms with Crippen molar-refractivity contribution in [2.75, 3.05) is 10.2 Å². The highest BCUT2D eigenvalue weighted by atomic mass is 15.3. The van der Waals surface area contributed by atoms with Crippen LogP contribution in [0.1, 0.15) is 63.0 Å². The van der Waals surface area contributed by atoms with E-state index in [1.54, 1.807) is 0 Å². The summed E-state index contributed by atoms with van der Waals surface area (Å²) in [5.74, 6) is 1.17. The van der Waals surface area contributed by atoms with E-state index < -0.39 is 0 Å². The summed E-state index contributed by atoms with van der Waals surface area (Å²) in [6.45, 7) is 2.28. The van der Waals surface area contributed by atoms with Crippen LogP contribution in [0.3, 0.4) is 0 Å². The third kappa shape index (κ3) is 4.91. The summed E-state index contributed by atoms with van der Waals surface area (Å²) in [6, 6.07) is 27.7. The maximum atomic E-state index is 3.92. The van der Waals surface area contributed by atoms with Gasteiger partial charge in [0.2, 0.25) is 0 Å². The molecule has 5 aliphatic carbocycles. The Morgan fingerprint density at radius 1 is 0.640 bits per heavy atom. The minimum atomic E-state index is 0.186. The Hall–Kier alpha value is -5.08. The Bertz CT molecular complexity index is 2260. The number of rotatable bonds is 4. The van der Waals surface area contributed by atoms with Crippen molar-refractivity contribution < 1.29 is 0 Å². The summed E-state index contributed by atoms with van der Waals surface area (Å²) in [5.41, 5.74) is 14.5. The summed E-state index contributed by atoms with van der Waals surface area (Å²) < 4.78 is 0. The number of nitrogens with zero attached hydrogens (tertiary/aromatic N) is 1. The molecule has 2 nitrogen and oxygen atoms in total. The van der Waals surface area contributed by atoms with E-state index in [2.05, 4.69) is 151 Å². The average Bonchev–Trinajstić information content (AvgIpc) is 3.56. The highest BCUT2D eigenvalue weighted by Gasteiger charge is 2.37. The van der Waals surface area contributed by atoms with Crippen LogP contribution >= 0.6 is 0 Å². The smallest absolute Gasteiger partial charge is 0.122 e. The molecule has 0 saturated heterocycles. The number of nitrogens with one attached hydrogen (secondary N) is 1. The highest BCUT2D eigenvalue weighted by molar-refractivity contribution is 6.16. The van der Waals surface area contributed by atoms with Crippen LogP contribution in [0.5, 0.6) is 0 Å². The zero-order valence-corrected chi connectivity index (χ0v) is 28.9. The molecule has 10 rings (SSSR count). The molecule has 0 bridgehead atoms. The highest BCUT2D eigenvalue weighted by Crippen LogP contribution is 2.49. The quantitative estimate of drug-likeness (QED) is 0.222. The molecule has 0 fully saturated rings. The van der Waals surface area contributed by atoms with Gasteiger partial charge in [0.15, 0.2) is 0 Å². The van der Waals surface area contributed by atoms with E-state index in [9.17, 15) is 0 Å². The summed E-state index contributed by atoms with van der Waals surface area (Å²) in [4.78, 5) is 2.62. The van der Waals surface area contributed by atoms with Crippen molar-refractivity contribution in [1.29, 1.82) is 0 Å². The molecule has 1 heterocycles. The summed E-state index contributed by atoms with van der Waals surface area (Å²) >= 11 is 0. The van der Waals surface area contributed by atoms with Crippen molar-refractivity contribution in [2.45, 2.75) is 64.1 Å². The van der Waals surface area contributed by atoms with Gasteiger partial charge in [-0.05, 0) is 136 Å². The van der Waals surface area contributed by atoms with Crippen LogP contribution in [0.25, 0.3) is 32.7 Å². The molecule has 0 amide bonds. The van der Waals surface area contributed by atoms with E-state index in [-0.39, 0.29) is 6.17 Å². The molecule has 2 heteroatoms. The fourth-order valence-electron chi connectivity index (χ4n) is 9.82. The predicted molar refractivity (Wildman–Crippen MR) is 213 cm³/mol. The normalized spacial score (nSPS) is 25.4. The number of anilines is 2. The van der Waals surface area contributed by atoms with Gasteiger partial charge in [-0.1, -0.05) is 127 Å². The third-order valence-electron chi connectivity index (χ3n) is 12.3. The summed E-state index contributed by atoms with van der Waals surface area (Å²) in [6.07, 6.45) is 32.0. The number of para-hydroxylation sites is 2. The van der Waals surface area contributed by atoms with Gasteiger partial charge in [-0.2, -0.15) is 0 Å². The molecule has 0 radical (unpaired) electrons. The molecule has 0 aromatic heterocycles. The minimum Gasteiger partial charge on any atom is -0.360 e. The molecule has 1 aliphatic heterocycles. The van der Waals surface area contributed by atoms with Crippen molar-refractivity contribution in [3.05, 3.63) is 167 Å². The second-order valence-corrected chi connectivity index (χ2v) is 15.2.